The summed E-state index contributed by atoms with van der Waals surface area (Å²) >= 11 is 7.46. The third-order valence-electron chi connectivity index (χ3n) is 3.07. The van der Waals surface area contributed by atoms with E-state index in [4.69, 9.17) is 16.3 Å². The first-order valence-corrected chi connectivity index (χ1v) is 7.24. The fraction of sp³-hybridized carbons (Fsp3) is 0.0625. The van der Waals surface area contributed by atoms with E-state index in [-0.39, 0.29) is 5.43 Å². The lowest BCUT2D eigenvalue weighted by atomic mass is 10.1. The van der Waals surface area contributed by atoms with Crippen LogP contribution in [0.3, 0.4) is 0 Å². The van der Waals surface area contributed by atoms with Gasteiger partial charge in [0.25, 0.3) is 0 Å². The molecule has 0 amide bonds. The molecule has 0 spiro atoms. The van der Waals surface area contributed by atoms with Crippen LogP contribution in [0, 0.1) is 0 Å². The van der Waals surface area contributed by atoms with Gasteiger partial charge in [0.1, 0.15) is 5.75 Å². The molecule has 1 aromatic heterocycles. The molecule has 0 aliphatic rings. The summed E-state index contributed by atoms with van der Waals surface area (Å²) < 4.78 is 6.13. The first kappa shape index (κ1) is 13.2. The zero-order valence-corrected chi connectivity index (χ0v) is 12.3. The summed E-state index contributed by atoms with van der Waals surface area (Å²) in [4.78, 5) is 13.1. The fourth-order valence-electron chi connectivity index (χ4n) is 2.02. The van der Waals surface area contributed by atoms with Crippen molar-refractivity contribution in [1.82, 2.24) is 0 Å². The first-order valence-electron chi connectivity index (χ1n) is 6.05. The van der Waals surface area contributed by atoms with Gasteiger partial charge in [-0.25, -0.2) is 0 Å². The molecule has 0 N–H and O–H groups in total. The van der Waals surface area contributed by atoms with E-state index in [1.807, 2.05) is 30.3 Å². The number of fused-ring (bicyclic) bond motifs is 1. The Kier molecular flexibility index (Phi) is 3.47. The monoisotopic (exact) mass is 302 g/mol. The van der Waals surface area contributed by atoms with E-state index >= 15 is 0 Å². The SMILES string of the molecule is COc1ccc2c(=O)cc(-c3ccc(Cl)cc3)sc2c1. The predicted octanol–water partition coefficient (Wildman–Crippen LogP) is 4.59. The normalized spacial score (nSPS) is 10.7. The van der Waals surface area contributed by atoms with Crippen LogP contribution in [0.25, 0.3) is 20.5 Å². The molecule has 3 rings (SSSR count). The van der Waals surface area contributed by atoms with Gasteiger partial charge in [0.05, 0.1) is 7.11 Å². The summed E-state index contributed by atoms with van der Waals surface area (Å²) in [7, 11) is 1.62. The lowest BCUT2D eigenvalue weighted by molar-refractivity contribution is 0.415. The molecular weight excluding hydrogens is 292 g/mol. The minimum absolute atomic E-state index is 0.0198. The Morgan fingerprint density at radius 3 is 2.50 bits per heavy atom. The van der Waals surface area contributed by atoms with Gasteiger partial charge in [-0.15, -0.1) is 11.3 Å². The molecular formula is C16H11ClO2S. The van der Waals surface area contributed by atoms with E-state index in [0.29, 0.717) is 10.4 Å². The Morgan fingerprint density at radius 2 is 1.80 bits per heavy atom. The van der Waals surface area contributed by atoms with Gasteiger partial charge in [-0.2, -0.15) is 0 Å². The van der Waals surface area contributed by atoms with Crippen LogP contribution in [-0.4, -0.2) is 7.11 Å². The van der Waals surface area contributed by atoms with Gasteiger partial charge in [-0.3, -0.25) is 4.79 Å². The fourth-order valence-corrected chi connectivity index (χ4v) is 3.26. The minimum atomic E-state index is 0.0198. The molecule has 3 aromatic rings. The second-order valence-corrected chi connectivity index (χ2v) is 5.86. The van der Waals surface area contributed by atoms with Crippen molar-refractivity contribution in [2.24, 2.45) is 0 Å². The number of methoxy groups -OCH3 is 1. The molecule has 2 nitrogen and oxygen atoms in total. The third kappa shape index (κ3) is 2.42. The topological polar surface area (TPSA) is 26.3 Å². The van der Waals surface area contributed by atoms with Crippen LogP contribution in [-0.2, 0) is 0 Å². The Balaban J connectivity index is 2.22. The number of ether oxygens (including phenoxy) is 1. The van der Waals surface area contributed by atoms with E-state index < -0.39 is 0 Å². The molecule has 0 atom stereocenters. The molecule has 0 aliphatic carbocycles. The molecule has 0 radical (unpaired) electrons. The minimum Gasteiger partial charge on any atom is -0.497 e. The molecule has 4 heteroatoms. The zero-order chi connectivity index (χ0) is 14.1. The van der Waals surface area contributed by atoms with Crippen molar-refractivity contribution >= 4 is 33.0 Å². The molecule has 20 heavy (non-hydrogen) atoms. The molecule has 0 saturated carbocycles. The van der Waals surface area contributed by atoms with E-state index in [1.54, 1.807) is 36.6 Å². The second-order valence-electron chi connectivity index (χ2n) is 4.34. The lowest BCUT2D eigenvalue weighted by Crippen LogP contribution is -1.99. The maximum Gasteiger partial charge on any atom is 0.188 e. The molecule has 2 aromatic carbocycles. The Hall–Kier alpha value is -1.84. The first-order chi connectivity index (χ1) is 9.67. The summed E-state index contributed by atoms with van der Waals surface area (Å²) in [5, 5.41) is 1.40. The van der Waals surface area contributed by atoms with Crippen molar-refractivity contribution in [3.05, 3.63) is 63.8 Å². The molecule has 0 aliphatic heterocycles. The quantitative estimate of drug-likeness (QED) is 0.692. The van der Waals surface area contributed by atoms with E-state index in [2.05, 4.69) is 0 Å². The second kappa shape index (κ2) is 5.27. The average molecular weight is 303 g/mol. The van der Waals surface area contributed by atoms with Crippen LogP contribution in [0.5, 0.6) is 5.75 Å². The highest BCUT2D eigenvalue weighted by atomic mass is 35.5. The smallest absolute Gasteiger partial charge is 0.188 e. The maximum atomic E-state index is 12.2. The third-order valence-corrected chi connectivity index (χ3v) is 4.45. The van der Waals surface area contributed by atoms with Gasteiger partial charge in [0.15, 0.2) is 5.43 Å². The van der Waals surface area contributed by atoms with Gasteiger partial charge < -0.3 is 4.74 Å². The molecule has 0 unspecified atom stereocenters. The predicted molar refractivity (Wildman–Crippen MR) is 85.1 cm³/mol. The van der Waals surface area contributed by atoms with Crippen molar-refractivity contribution in [2.45, 2.75) is 0 Å². The highest BCUT2D eigenvalue weighted by molar-refractivity contribution is 7.21. The van der Waals surface area contributed by atoms with Crippen molar-refractivity contribution in [1.29, 1.82) is 0 Å². The molecule has 1 heterocycles. The molecule has 100 valence electrons. The molecule has 0 fully saturated rings. The zero-order valence-electron chi connectivity index (χ0n) is 10.7. The summed E-state index contributed by atoms with van der Waals surface area (Å²) in [6, 6.07) is 14.6. The highest BCUT2D eigenvalue weighted by Gasteiger charge is 2.06. The van der Waals surface area contributed by atoms with Gasteiger partial charge in [0, 0.05) is 26.1 Å². The number of hydrogen-bond acceptors (Lipinski definition) is 3. The van der Waals surface area contributed by atoms with Gasteiger partial charge in [-0.1, -0.05) is 23.7 Å². The van der Waals surface area contributed by atoms with Gasteiger partial charge in [0.2, 0.25) is 0 Å². The molecule has 0 saturated heterocycles. The Morgan fingerprint density at radius 1 is 1.05 bits per heavy atom. The maximum absolute atomic E-state index is 12.2. The van der Waals surface area contributed by atoms with Crippen LogP contribution in [0.4, 0.5) is 0 Å². The Labute approximate surface area is 125 Å². The number of halogens is 1. The number of hydrogen-bond donors (Lipinski definition) is 0. The van der Waals surface area contributed by atoms with Crippen LogP contribution >= 0.6 is 22.9 Å². The van der Waals surface area contributed by atoms with Crippen LogP contribution in [0.1, 0.15) is 0 Å². The van der Waals surface area contributed by atoms with Crippen molar-refractivity contribution < 1.29 is 4.74 Å². The van der Waals surface area contributed by atoms with Crippen LogP contribution in [0.15, 0.2) is 53.3 Å². The molecule has 0 bridgehead atoms. The van der Waals surface area contributed by atoms with Crippen molar-refractivity contribution in [2.75, 3.05) is 7.11 Å². The lowest BCUT2D eigenvalue weighted by Gasteiger charge is -2.05. The summed E-state index contributed by atoms with van der Waals surface area (Å²) in [6.45, 7) is 0. The number of benzene rings is 2. The standard InChI is InChI=1S/C16H11ClO2S/c1-19-12-6-7-13-14(18)9-15(20-16(13)8-12)10-2-4-11(17)5-3-10/h2-9H,1H3. The van der Waals surface area contributed by atoms with Gasteiger partial charge in [-0.05, 0) is 35.9 Å². The van der Waals surface area contributed by atoms with Gasteiger partial charge >= 0.3 is 0 Å². The van der Waals surface area contributed by atoms with Crippen LogP contribution < -0.4 is 10.2 Å². The van der Waals surface area contributed by atoms with Crippen molar-refractivity contribution in [3.8, 4) is 16.2 Å². The summed E-state index contributed by atoms with van der Waals surface area (Å²) in [5.41, 5.74) is 1.01. The largest absolute Gasteiger partial charge is 0.497 e. The van der Waals surface area contributed by atoms with Crippen LogP contribution in [0.2, 0.25) is 5.02 Å². The van der Waals surface area contributed by atoms with E-state index in [1.165, 1.54) is 0 Å². The Bertz CT molecular complexity index is 822. The summed E-state index contributed by atoms with van der Waals surface area (Å²) in [5.74, 6) is 0.751. The van der Waals surface area contributed by atoms with E-state index in [0.717, 1.165) is 20.9 Å². The van der Waals surface area contributed by atoms with Crippen molar-refractivity contribution in [3.63, 3.8) is 0 Å². The highest BCUT2D eigenvalue weighted by Crippen LogP contribution is 2.30. The average Bonchev–Trinajstić information content (AvgIpc) is 2.47. The summed E-state index contributed by atoms with van der Waals surface area (Å²) in [6.07, 6.45) is 0. The number of rotatable bonds is 2. The van der Waals surface area contributed by atoms with E-state index in [9.17, 15) is 4.79 Å².